The minimum Gasteiger partial charge on any atom is -0.466 e. The van der Waals surface area contributed by atoms with Crippen molar-refractivity contribution < 1.29 is 100 Å². The van der Waals surface area contributed by atoms with Gasteiger partial charge in [0.1, 0.15) is 0 Å². The van der Waals surface area contributed by atoms with Crippen LogP contribution in [0.5, 0.6) is 0 Å². The van der Waals surface area contributed by atoms with Crippen LogP contribution in [0.25, 0.3) is 0 Å². The van der Waals surface area contributed by atoms with E-state index in [0.29, 0.717) is 219 Å². The molecule has 0 aliphatic rings. The standard InChI is InChI=1S/C65H108O21/c1-2-3-25-46-77-57(68)36-15-5-27-48-79-59(70)38-17-7-29-50-81-61(72)40-19-9-31-52-83-63(74)42-21-11-33-54-85-65(76)44-23-13-34-55-86-64(75)43-22-12-32-53-84-62(73)41-20-10-30-51-82-60(71)39-18-8-28-49-80-58(69)37-16-6-26-47-78-56(67)35-14-4-24-45-66/h1,66H,3-55H2. The van der Waals surface area contributed by atoms with Gasteiger partial charge in [0, 0.05) is 77.2 Å². The third-order valence-corrected chi connectivity index (χ3v) is 13.4. The SMILES string of the molecule is C#CCCCOC(=O)CCCCCOC(=O)CCCCCOC(=O)CCCCCOC(=O)CCCCCOC(=O)CCCCCOC(=O)CCCCCOC(=O)CCCCCOC(=O)CCCCCOC(=O)CCCCCOC(=O)CCCCCO. The number of hydrogen-bond donors (Lipinski definition) is 1. The van der Waals surface area contributed by atoms with Crippen LogP contribution in [0.3, 0.4) is 0 Å². The normalized spacial score (nSPS) is 10.7. The Morgan fingerprint density at radius 1 is 0.209 bits per heavy atom. The van der Waals surface area contributed by atoms with Crippen molar-refractivity contribution in [2.75, 3.05) is 72.7 Å². The predicted molar refractivity (Wildman–Crippen MR) is 319 cm³/mol. The molecule has 0 aromatic carbocycles. The van der Waals surface area contributed by atoms with E-state index in [-0.39, 0.29) is 118 Å². The number of rotatable bonds is 62. The molecule has 0 aliphatic heterocycles. The molecule has 0 bridgehead atoms. The van der Waals surface area contributed by atoms with Gasteiger partial charge in [-0.15, -0.1) is 12.3 Å². The zero-order chi connectivity index (χ0) is 63.0. The Bertz CT molecular complexity index is 1830. The maximum atomic E-state index is 12.1. The smallest absolute Gasteiger partial charge is 0.305 e. The Kier molecular flexibility index (Phi) is 58.1. The maximum absolute atomic E-state index is 12.1. The van der Waals surface area contributed by atoms with Crippen molar-refractivity contribution in [3.63, 3.8) is 0 Å². The Hall–Kier alpha value is -5.78. The molecule has 0 radical (unpaired) electrons. The molecule has 0 aromatic rings. The van der Waals surface area contributed by atoms with Crippen LogP contribution in [-0.2, 0) is 95.3 Å². The van der Waals surface area contributed by atoms with Crippen molar-refractivity contribution in [1.29, 1.82) is 0 Å². The topological polar surface area (TPSA) is 283 Å². The molecule has 0 fully saturated rings. The molecule has 0 spiro atoms. The summed E-state index contributed by atoms with van der Waals surface area (Å²) in [7, 11) is 0. The number of carbonyl (C=O) groups is 10. The van der Waals surface area contributed by atoms with E-state index in [2.05, 4.69) is 5.92 Å². The zero-order valence-corrected chi connectivity index (χ0v) is 52.2. The van der Waals surface area contributed by atoms with Crippen LogP contribution in [0.15, 0.2) is 0 Å². The molecule has 0 atom stereocenters. The lowest BCUT2D eigenvalue weighted by Crippen LogP contribution is -2.09. The van der Waals surface area contributed by atoms with E-state index in [4.69, 9.17) is 58.9 Å². The summed E-state index contributed by atoms with van der Waals surface area (Å²) in [6.07, 6.45) is 30.0. The van der Waals surface area contributed by atoms with Gasteiger partial charge in [-0.3, -0.25) is 47.9 Å². The number of ether oxygens (including phenoxy) is 10. The highest BCUT2D eigenvalue weighted by Crippen LogP contribution is 2.12. The second-order valence-electron chi connectivity index (χ2n) is 21.3. The molecule has 0 unspecified atom stereocenters. The van der Waals surface area contributed by atoms with E-state index in [1.54, 1.807) is 0 Å². The Morgan fingerprint density at radius 3 is 0.488 bits per heavy atom. The van der Waals surface area contributed by atoms with E-state index in [1.165, 1.54) is 0 Å². The summed E-state index contributed by atoms with van der Waals surface area (Å²) >= 11 is 0. The lowest BCUT2D eigenvalue weighted by Gasteiger charge is -2.07. The van der Waals surface area contributed by atoms with Crippen LogP contribution in [0.1, 0.15) is 270 Å². The first-order valence-electron chi connectivity index (χ1n) is 32.5. The number of hydrogen-bond acceptors (Lipinski definition) is 21. The van der Waals surface area contributed by atoms with E-state index >= 15 is 0 Å². The molecule has 86 heavy (non-hydrogen) atoms. The molecular weight excluding hydrogens is 1120 g/mol. The Labute approximate surface area is 513 Å². The van der Waals surface area contributed by atoms with Crippen molar-refractivity contribution in [3.05, 3.63) is 0 Å². The van der Waals surface area contributed by atoms with Crippen molar-refractivity contribution in [2.45, 2.75) is 270 Å². The minimum atomic E-state index is -0.281. The molecule has 1 N–H and O–H groups in total. The monoisotopic (exact) mass is 1220 g/mol. The van der Waals surface area contributed by atoms with Gasteiger partial charge in [-0.1, -0.05) is 6.42 Å². The van der Waals surface area contributed by atoms with Crippen LogP contribution in [0.2, 0.25) is 0 Å². The van der Waals surface area contributed by atoms with Gasteiger partial charge < -0.3 is 52.5 Å². The summed E-state index contributed by atoms with van der Waals surface area (Å²) in [5.41, 5.74) is 0. The first-order valence-corrected chi connectivity index (χ1v) is 32.5. The van der Waals surface area contributed by atoms with Crippen LogP contribution in [0.4, 0.5) is 0 Å². The van der Waals surface area contributed by atoms with Gasteiger partial charge in [0.25, 0.3) is 0 Å². The summed E-state index contributed by atoms with van der Waals surface area (Å²) in [6.45, 7) is 3.18. The fourth-order valence-electron chi connectivity index (χ4n) is 8.25. The van der Waals surface area contributed by atoms with Crippen molar-refractivity contribution >= 4 is 59.7 Å². The zero-order valence-electron chi connectivity index (χ0n) is 52.2. The quantitative estimate of drug-likeness (QED) is 0.0256. The molecule has 0 aromatic heterocycles. The molecule has 21 heteroatoms. The van der Waals surface area contributed by atoms with Crippen molar-refractivity contribution in [1.82, 2.24) is 0 Å². The number of unbranched alkanes of at least 4 members (excludes halogenated alkanes) is 21. The molecule has 21 nitrogen and oxygen atoms in total. The molecule has 0 aliphatic carbocycles. The third-order valence-electron chi connectivity index (χ3n) is 13.4. The van der Waals surface area contributed by atoms with Gasteiger partial charge in [0.05, 0.1) is 66.1 Å². The van der Waals surface area contributed by atoms with Gasteiger partial charge in [0.2, 0.25) is 0 Å². The summed E-state index contributed by atoms with van der Waals surface area (Å²) in [6, 6.07) is 0. The second-order valence-corrected chi connectivity index (χ2v) is 21.3. The largest absolute Gasteiger partial charge is 0.466 e. The van der Waals surface area contributed by atoms with Crippen molar-refractivity contribution in [3.8, 4) is 12.3 Å². The van der Waals surface area contributed by atoms with Crippen LogP contribution in [-0.4, -0.2) is 137 Å². The number of carbonyl (C=O) groups excluding carboxylic acids is 10. The summed E-state index contributed by atoms with van der Waals surface area (Å²) in [5.74, 6) is -0.149. The average Bonchev–Trinajstić information content (AvgIpc) is 3.49. The molecular formula is C65H108O21. The van der Waals surface area contributed by atoms with Gasteiger partial charge >= 0.3 is 59.7 Å². The third kappa shape index (κ3) is 61.3. The minimum absolute atomic E-state index is 0.130. The lowest BCUT2D eigenvalue weighted by atomic mass is 10.2. The number of aliphatic hydroxyl groups is 1. The van der Waals surface area contributed by atoms with E-state index < -0.39 is 0 Å². The fraction of sp³-hybridized carbons (Fsp3) is 0.815. The predicted octanol–water partition coefficient (Wildman–Crippen LogP) is 11.4. The van der Waals surface area contributed by atoms with Gasteiger partial charge in [-0.05, 0) is 193 Å². The number of aliphatic hydroxyl groups excluding tert-OH is 1. The first-order chi connectivity index (χ1) is 41.9. The fourth-order valence-corrected chi connectivity index (χ4v) is 8.25. The second kappa shape index (κ2) is 62.3. The molecule has 0 rings (SSSR count). The highest BCUT2D eigenvalue weighted by atomic mass is 16.6. The number of esters is 10. The van der Waals surface area contributed by atoms with E-state index in [1.807, 2.05) is 0 Å². The Morgan fingerprint density at radius 2 is 0.349 bits per heavy atom. The van der Waals surface area contributed by atoms with E-state index in [0.717, 1.165) is 64.2 Å². The van der Waals surface area contributed by atoms with Crippen LogP contribution >= 0.6 is 0 Å². The van der Waals surface area contributed by atoms with Gasteiger partial charge in [-0.25, -0.2) is 0 Å². The Balaban J connectivity index is 3.51. The van der Waals surface area contributed by atoms with Crippen LogP contribution < -0.4 is 0 Å². The highest BCUT2D eigenvalue weighted by molar-refractivity contribution is 5.72. The summed E-state index contributed by atoms with van der Waals surface area (Å²) in [5, 5.41) is 8.76. The summed E-state index contributed by atoms with van der Waals surface area (Å²) < 4.78 is 52.5. The summed E-state index contributed by atoms with van der Waals surface area (Å²) in [4.78, 5) is 119. The van der Waals surface area contributed by atoms with Crippen molar-refractivity contribution in [2.24, 2.45) is 0 Å². The first kappa shape index (κ1) is 80.2. The van der Waals surface area contributed by atoms with E-state index in [9.17, 15) is 47.9 Å². The molecule has 0 saturated carbocycles. The molecule has 0 amide bonds. The molecule has 0 heterocycles. The lowest BCUT2D eigenvalue weighted by molar-refractivity contribution is -0.146. The average molecular weight is 1230 g/mol. The van der Waals surface area contributed by atoms with Crippen LogP contribution in [0, 0.1) is 12.3 Å². The van der Waals surface area contributed by atoms with Gasteiger partial charge in [0.15, 0.2) is 0 Å². The highest BCUT2D eigenvalue weighted by Gasteiger charge is 2.12. The molecule has 0 saturated heterocycles. The molecule has 494 valence electrons. The maximum Gasteiger partial charge on any atom is 0.305 e. The van der Waals surface area contributed by atoms with Gasteiger partial charge in [-0.2, -0.15) is 0 Å². The number of terminal acetylenes is 1.